The highest BCUT2D eigenvalue weighted by Gasteiger charge is 2.08. The zero-order valence-corrected chi connectivity index (χ0v) is 14.9. The normalized spacial score (nSPS) is 10.7. The molecule has 6 nitrogen and oxygen atoms in total. The fourth-order valence-electron chi connectivity index (χ4n) is 2.04. The van der Waals surface area contributed by atoms with Crippen LogP contribution in [0.25, 0.3) is 0 Å². The number of nitrogens with one attached hydrogen (secondary N) is 1. The van der Waals surface area contributed by atoms with Crippen LogP contribution in [0.2, 0.25) is 5.02 Å². The number of benzene rings is 2. The predicted octanol–water partition coefficient (Wildman–Crippen LogP) is 3.20. The molecule has 0 radical (unpaired) electrons. The summed E-state index contributed by atoms with van der Waals surface area (Å²) in [4.78, 5) is 11.8. The molecular weight excluding hydrogens is 344 g/mol. The molecule has 0 spiro atoms. The van der Waals surface area contributed by atoms with E-state index in [2.05, 4.69) is 10.5 Å². The van der Waals surface area contributed by atoms with E-state index < -0.39 is 5.91 Å². The van der Waals surface area contributed by atoms with Crippen LogP contribution in [0.4, 0.5) is 0 Å². The van der Waals surface area contributed by atoms with Crippen LogP contribution in [0.5, 0.6) is 17.2 Å². The molecule has 0 saturated carbocycles. The van der Waals surface area contributed by atoms with E-state index >= 15 is 0 Å². The fraction of sp³-hybridized carbons (Fsp3) is 0.222. The smallest absolute Gasteiger partial charge is 0.277 e. The number of hydrogen-bond acceptors (Lipinski definition) is 5. The average molecular weight is 363 g/mol. The van der Waals surface area contributed by atoms with Crippen LogP contribution in [-0.2, 0) is 4.79 Å². The van der Waals surface area contributed by atoms with Crippen LogP contribution in [0.15, 0.2) is 35.4 Å². The highest BCUT2D eigenvalue weighted by atomic mass is 35.5. The van der Waals surface area contributed by atoms with Crippen molar-refractivity contribution in [3.63, 3.8) is 0 Å². The van der Waals surface area contributed by atoms with Gasteiger partial charge in [-0.15, -0.1) is 0 Å². The summed E-state index contributed by atoms with van der Waals surface area (Å²) in [6.45, 7) is 3.71. The Hall–Kier alpha value is -2.73. The number of hydrazone groups is 1. The summed E-state index contributed by atoms with van der Waals surface area (Å²) in [7, 11) is 1.42. The Kier molecular flexibility index (Phi) is 6.25. The Morgan fingerprint density at radius 2 is 2.04 bits per heavy atom. The molecule has 2 N–H and O–H groups in total. The fourth-order valence-corrected chi connectivity index (χ4v) is 2.26. The summed E-state index contributed by atoms with van der Waals surface area (Å²) in [6, 6.07) is 8.83. The van der Waals surface area contributed by atoms with Gasteiger partial charge in [0.15, 0.2) is 18.1 Å². The second-order valence-corrected chi connectivity index (χ2v) is 5.81. The van der Waals surface area contributed by atoms with Crippen molar-refractivity contribution in [1.82, 2.24) is 5.43 Å². The van der Waals surface area contributed by atoms with E-state index in [1.165, 1.54) is 19.4 Å². The molecular formula is C18H19ClN2O4. The monoisotopic (exact) mass is 362 g/mol. The van der Waals surface area contributed by atoms with Gasteiger partial charge in [0, 0.05) is 0 Å². The first-order valence-corrected chi connectivity index (χ1v) is 7.87. The van der Waals surface area contributed by atoms with E-state index in [1.807, 2.05) is 32.0 Å². The van der Waals surface area contributed by atoms with Crippen molar-refractivity contribution in [2.45, 2.75) is 13.8 Å². The Labute approximate surface area is 151 Å². The largest absolute Gasteiger partial charge is 0.503 e. The van der Waals surface area contributed by atoms with E-state index in [1.54, 1.807) is 6.07 Å². The molecule has 0 aliphatic rings. The van der Waals surface area contributed by atoms with Crippen LogP contribution in [0, 0.1) is 13.8 Å². The third kappa shape index (κ3) is 5.12. The van der Waals surface area contributed by atoms with Gasteiger partial charge >= 0.3 is 0 Å². The minimum absolute atomic E-state index is 0.130. The topological polar surface area (TPSA) is 80.2 Å². The number of phenols is 1. The van der Waals surface area contributed by atoms with Gasteiger partial charge in [-0.2, -0.15) is 5.10 Å². The number of nitrogens with zero attached hydrogens (tertiary/aromatic N) is 1. The van der Waals surface area contributed by atoms with Crippen molar-refractivity contribution in [3.05, 3.63) is 52.0 Å². The minimum Gasteiger partial charge on any atom is -0.503 e. The van der Waals surface area contributed by atoms with E-state index in [0.717, 1.165) is 11.1 Å². The van der Waals surface area contributed by atoms with Crippen molar-refractivity contribution in [3.8, 4) is 17.2 Å². The number of ether oxygens (including phenoxy) is 2. The molecule has 7 heteroatoms. The summed E-state index contributed by atoms with van der Waals surface area (Å²) in [5, 5.41) is 13.6. The number of amides is 1. The Morgan fingerprint density at radius 3 is 2.76 bits per heavy atom. The van der Waals surface area contributed by atoms with Gasteiger partial charge in [-0.3, -0.25) is 4.79 Å². The van der Waals surface area contributed by atoms with Gasteiger partial charge < -0.3 is 14.6 Å². The summed E-state index contributed by atoms with van der Waals surface area (Å²) in [6.07, 6.45) is 1.39. The van der Waals surface area contributed by atoms with E-state index in [-0.39, 0.29) is 23.1 Å². The summed E-state index contributed by atoms with van der Waals surface area (Å²) in [5.74, 6) is 0.342. The van der Waals surface area contributed by atoms with Crippen LogP contribution >= 0.6 is 11.6 Å². The summed E-state index contributed by atoms with van der Waals surface area (Å²) in [5.41, 5.74) is 4.94. The lowest BCUT2D eigenvalue weighted by Crippen LogP contribution is -2.24. The van der Waals surface area contributed by atoms with Gasteiger partial charge in [0.25, 0.3) is 5.91 Å². The number of carbonyl (C=O) groups excluding carboxylic acids is 1. The van der Waals surface area contributed by atoms with Crippen LogP contribution in [-0.4, -0.2) is 30.9 Å². The Morgan fingerprint density at radius 1 is 1.28 bits per heavy atom. The van der Waals surface area contributed by atoms with E-state index in [0.29, 0.717) is 11.3 Å². The number of rotatable bonds is 6. The molecule has 2 rings (SSSR count). The first-order valence-electron chi connectivity index (χ1n) is 7.49. The van der Waals surface area contributed by atoms with Gasteiger partial charge in [0.2, 0.25) is 0 Å². The lowest BCUT2D eigenvalue weighted by molar-refractivity contribution is -0.123. The molecule has 0 bridgehead atoms. The molecule has 0 aliphatic heterocycles. The van der Waals surface area contributed by atoms with Crippen LogP contribution in [0.1, 0.15) is 16.7 Å². The highest BCUT2D eigenvalue weighted by molar-refractivity contribution is 6.32. The zero-order chi connectivity index (χ0) is 18.4. The second kappa shape index (κ2) is 8.39. The Bertz CT molecular complexity index is 806. The van der Waals surface area contributed by atoms with Gasteiger partial charge in [-0.05, 0) is 48.7 Å². The summed E-state index contributed by atoms with van der Waals surface area (Å²) >= 11 is 5.89. The van der Waals surface area contributed by atoms with Gasteiger partial charge in [-0.1, -0.05) is 23.7 Å². The molecule has 1 amide bonds. The Balaban J connectivity index is 1.92. The molecule has 0 atom stereocenters. The second-order valence-electron chi connectivity index (χ2n) is 5.40. The van der Waals surface area contributed by atoms with Gasteiger partial charge in [0.1, 0.15) is 5.75 Å². The molecule has 0 unspecified atom stereocenters. The van der Waals surface area contributed by atoms with Crippen molar-refractivity contribution >= 4 is 23.7 Å². The number of aromatic hydroxyl groups is 1. The molecule has 0 aromatic heterocycles. The molecule has 0 fully saturated rings. The van der Waals surface area contributed by atoms with E-state index in [9.17, 15) is 9.90 Å². The maximum atomic E-state index is 11.8. The standard InChI is InChI=1S/C18H19ClN2O4/c1-11-4-5-12(2)15(6-11)25-10-17(22)21-20-9-13-7-14(19)18(23)16(8-13)24-3/h4-9,23H,10H2,1-3H3,(H,21,22)/b20-9+. The number of methoxy groups -OCH3 is 1. The minimum atomic E-state index is -0.394. The number of phenolic OH excluding ortho intramolecular Hbond substituents is 1. The van der Waals surface area contributed by atoms with E-state index in [4.69, 9.17) is 21.1 Å². The molecule has 0 heterocycles. The molecule has 0 aliphatic carbocycles. The lowest BCUT2D eigenvalue weighted by atomic mass is 10.1. The summed E-state index contributed by atoms with van der Waals surface area (Å²) < 4.78 is 10.5. The average Bonchev–Trinajstić information content (AvgIpc) is 2.58. The van der Waals surface area contributed by atoms with Crippen LogP contribution in [0.3, 0.4) is 0 Å². The van der Waals surface area contributed by atoms with Crippen molar-refractivity contribution in [2.24, 2.45) is 5.10 Å². The molecule has 2 aromatic rings. The van der Waals surface area contributed by atoms with Crippen LogP contribution < -0.4 is 14.9 Å². The maximum absolute atomic E-state index is 11.8. The van der Waals surface area contributed by atoms with Gasteiger partial charge in [-0.25, -0.2) is 5.43 Å². The first kappa shape index (κ1) is 18.6. The highest BCUT2D eigenvalue weighted by Crippen LogP contribution is 2.34. The number of aryl methyl sites for hydroxylation is 2. The van der Waals surface area contributed by atoms with Crippen molar-refractivity contribution < 1.29 is 19.4 Å². The van der Waals surface area contributed by atoms with Crippen molar-refractivity contribution in [1.29, 1.82) is 0 Å². The SMILES string of the molecule is COc1cc(/C=N/NC(=O)COc2cc(C)ccc2C)cc(Cl)c1O. The first-order chi connectivity index (χ1) is 11.9. The molecule has 0 saturated heterocycles. The lowest BCUT2D eigenvalue weighted by Gasteiger charge is -2.09. The zero-order valence-electron chi connectivity index (χ0n) is 14.2. The number of carbonyl (C=O) groups is 1. The molecule has 25 heavy (non-hydrogen) atoms. The quantitative estimate of drug-likeness (QED) is 0.611. The predicted molar refractivity (Wildman–Crippen MR) is 96.8 cm³/mol. The maximum Gasteiger partial charge on any atom is 0.277 e. The van der Waals surface area contributed by atoms with Gasteiger partial charge in [0.05, 0.1) is 18.3 Å². The third-order valence-corrected chi connectivity index (χ3v) is 3.66. The molecule has 2 aromatic carbocycles. The number of hydrogen-bond donors (Lipinski definition) is 2. The number of halogens is 1. The van der Waals surface area contributed by atoms with Crippen molar-refractivity contribution in [2.75, 3.05) is 13.7 Å². The third-order valence-electron chi connectivity index (χ3n) is 3.38. The molecule has 132 valence electrons.